The molecule has 1 aromatic rings. The molecule has 3 N–H and O–H groups in total. The third-order valence-corrected chi connectivity index (χ3v) is 2.20. The predicted octanol–water partition coefficient (Wildman–Crippen LogP) is 0.573. The van der Waals surface area contributed by atoms with Crippen molar-refractivity contribution in [2.75, 3.05) is 12.4 Å². The number of nitrogens with zero attached hydrogens (tertiary/aromatic N) is 1. The largest absolute Gasteiger partial charge is 0.322 e. The number of nitrogens with one attached hydrogen (secondary N) is 3. The average molecular weight is 196 g/mol. The molecule has 1 atom stereocenters. The van der Waals surface area contributed by atoms with Gasteiger partial charge >= 0.3 is 0 Å². The Morgan fingerprint density at radius 3 is 2.57 bits per heavy atom. The van der Waals surface area contributed by atoms with Gasteiger partial charge in [0.1, 0.15) is 0 Å². The van der Waals surface area contributed by atoms with E-state index in [0.717, 1.165) is 17.1 Å². The first kappa shape index (κ1) is 10.7. The number of carbonyl (C=O) groups is 1. The summed E-state index contributed by atoms with van der Waals surface area (Å²) in [6.07, 6.45) is 0. The van der Waals surface area contributed by atoms with Crippen LogP contribution in [-0.4, -0.2) is 29.2 Å². The molecule has 0 aromatic carbocycles. The molecule has 0 radical (unpaired) electrons. The van der Waals surface area contributed by atoms with E-state index in [1.807, 2.05) is 13.8 Å². The van der Waals surface area contributed by atoms with E-state index in [9.17, 15) is 4.79 Å². The van der Waals surface area contributed by atoms with Crippen molar-refractivity contribution in [1.29, 1.82) is 0 Å². The average Bonchev–Trinajstić information content (AvgIpc) is 2.48. The summed E-state index contributed by atoms with van der Waals surface area (Å²) in [6.45, 7) is 5.53. The van der Waals surface area contributed by atoms with Gasteiger partial charge in [-0.3, -0.25) is 9.89 Å². The molecule has 1 amide bonds. The van der Waals surface area contributed by atoms with Crippen LogP contribution in [0.3, 0.4) is 0 Å². The zero-order valence-electron chi connectivity index (χ0n) is 8.93. The topological polar surface area (TPSA) is 69.8 Å². The third-order valence-electron chi connectivity index (χ3n) is 2.20. The number of aromatic nitrogens is 2. The van der Waals surface area contributed by atoms with Gasteiger partial charge in [-0.25, -0.2) is 0 Å². The van der Waals surface area contributed by atoms with Gasteiger partial charge in [0.2, 0.25) is 5.91 Å². The summed E-state index contributed by atoms with van der Waals surface area (Å²) in [6, 6.07) is -0.205. The molecule has 0 aliphatic carbocycles. The van der Waals surface area contributed by atoms with Gasteiger partial charge in [0, 0.05) is 0 Å². The van der Waals surface area contributed by atoms with Gasteiger partial charge in [0.15, 0.2) is 0 Å². The lowest BCUT2D eigenvalue weighted by Crippen LogP contribution is -2.35. The van der Waals surface area contributed by atoms with Crippen LogP contribution in [0.5, 0.6) is 0 Å². The molecule has 1 rings (SSSR count). The molecule has 0 bridgehead atoms. The van der Waals surface area contributed by atoms with Gasteiger partial charge in [-0.15, -0.1) is 0 Å². The molecule has 78 valence electrons. The van der Waals surface area contributed by atoms with E-state index in [-0.39, 0.29) is 11.9 Å². The fourth-order valence-electron chi connectivity index (χ4n) is 1.10. The maximum absolute atomic E-state index is 11.5. The number of hydrogen-bond donors (Lipinski definition) is 3. The fraction of sp³-hybridized carbons (Fsp3) is 0.556. The summed E-state index contributed by atoms with van der Waals surface area (Å²) < 4.78 is 0. The van der Waals surface area contributed by atoms with Gasteiger partial charge in [-0.2, -0.15) is 5.10 Å². The molecule has 0 fully saturated rings. The Kier molecular flexibility index (Phi) is 3.24. The highest BCUT2D eigenvalue weighted by Crippen LogP contribution is 2.15. The molecule has 14 heavy (non-hydrogen) atoms. The van der Waals surface area contributed by atoms with Crippen LogP contribution in [0.4, 0.5) is 5.69 Å². The first-order valence-corrected chi connectivity index (χ1v) is 4.56. The van der Waals surface area contributed by atoms with Crippen molar-refractivity contribution in [3.8, 4) is 0 Å². The first-order chi connectivity index (χ1) is 6.56. The van der Waals surface area contributed by atoms with E-state index in [4.69, 9.17) is 0 Å². The second kappa shape index (κ2) is 4.23. The normalized spacial score (nSPS) is 12.6. The molecule has 0 aliphatic rings. The number of amides is 1. The molecule has 5 nitrogen and oxygen atoms in total. The van der Waals surface area contributed by atoms with Crippen LogP contribution in [0.15, 0.2) is 0 Å². The monoisotopic (exact) mass is 196 g/mol. The van der Waals surface area contributed by atoms with Crippen molar-refractivity contribution < 1.29 is 4.79 Å². The zero-order valence-corrected chi connectivity index (χ0v) is 8.93. The smallest absolute Gasteiger partial charge is 0.241 e. The predicted molar refractivity (Wildman–Crippen MR) is 55.2 cm³/mol. The lowest BCUT2D eigenvalue weighted by atomic mass is 10.2. The lowest BCUT2D eigenvalue weighted by molar-refractivity contribution is -0.117. The van der Waals surface area contributed by atoms with Crippen LogP contribution in [-0.2, 0) is 4.79 Å². The Hall–Kier alpha value is -1.36. The second-order valence-corrected chi connectivity index (χ2v) is 3.31. The summed E-state index contributed by atoms with van der Waals surface area (Å²) in [5.41, 5.74) is 2.45. The molecule has 1 unspecified atom stereocenters. The molecule has 0 spiro atoms. The van der Waals surface area contributed by atoms with Crippen molar-refractivity contribution in [2.45, 2.75) is 26.8 Å². The van der Waals surface area contributed by atoms with Crippen LogP contribution in [0.1, 0.15) is 18.3 Å². The molecule has 1 heterocycles. The summed E-state index contributed by atoms with van der Waals surface area (Å²) in [5.74, 6) is -0.0555. The number of carbonyl (C=O) groups excluding carboxylic acids is 1. The number of hydrogen-bond acceptors (Lipinski definition) is 3. The van der Waals surface area contributed by atoms with E-state index in [0.29, 0.717) is 0 Å². The summed E-state index contributed by atoms with van der Waals surface area (Å²) in [7, 11) is 1.75. The highest BCUT2D eigenvalue weighted by Gasteiger charge is 2.14. The SMILES string of the molecule is CNC(C)C(=O)Nc1c(C)n[nH]c1C. The molecule has 1 aromatic heterocycles. The van der Waals surface area contributed by atoms with E-state index in [1.165, 1.54) is 0 Å². The number of aromatic amines is 1. The lowest BCUT2D eigenvalue weighted by Gasteiger charge is -2.10. The standard InChI is InChI=1S/C9H16N4O/c1-5-8(6(2)13-12-5)11-9(14)7(3)10-4/h7,10H,1-4H3,(H,11,14)(H,12,13). The Balaban J connectivity index is 2.74. The van der Waals surface area contributed by atoms with E-state index in [1.54, 1.807) is 14.0 Å². The molecule has 5 heteroatoms. The quantitative estimate of drug-likeness (QED) is 0.662. The number of likely N-dealkylation sites (N-methyl/N-ethyl adjacent to an activating group) is 1. The highest BCUT2D eigenvalue weighted by molar-refractivity contribution is 5.95. The Morgan fingerprint density at radius 2 is 2.14 bits per heavy atom. The third kappa shape index (κ3) is 2.11. The Morgan fingerprint density at radius 1 is 1.50 bits per heavy atom. The van der Waals surface area contributed by atoms with Crippen LogP contribution < -0.4 is 10.6 Å². The second-order valence-electron chi connectivity index (χ2n) is 3.31. The summed E-state index contributed by atoms with van der Waals surface area (Å²) in [4.78, 5) is 11.5. The van der Waals surface area contributed by atoms with Gasteiger partial charge in [0.25, 0.3) is 0 Å². The maximum atomic E-state index is 11.5. The molecule has 0 saturated heterocycles. The minimum absolute atomic E-state index is 0.0555. The van der Waals surface area contributed by atoms with E-state index in [2.05, 4.69) is 20.8 Å². The molecular weight excluding hydrogens is 180 g/mol. The van der Waals surface area contributed by atoms with Gasteiger partial charge in [-0.05, 0) is 27.8 Å². The van der Waals surface area contributed by atoms with Gasteiger partial charge in [-0.1, -0.05) is 0 Å². The first-order valence-electron chi connectivity index (χ1n) is 4.56. The minimum atomic E-state index is -0.205. The van der Waals surface area contributed by atoms with Crippen molar-refractivity contribution in [3.63, 3.8) is 0 Å². The van der Waals surface area contributed by atoms with Crippen molar-refractivity contribution in [2.24, 2.45) is 0 Å². The van der Waals surface area contributed by atoms with Crippen molar-refractivity contribution in [1.82, 2.24) is 15.5 Å². The maximum Gasteiger partial charge on any atom is 0.241 e. The number of anilines is 1. The zero-order chi connectivity index (χ0) is 10.7. The van der Waals surface area contributed by atoms with E-state index < -0.39 is 0 Å². The van der Waals surface area contributed by atoms with Crippen LogP contribution in [0.2, 0.25) is 0 Å². The van der Waals surface area contributed by atoms with Crippen molar-refractivity contribution >= 4 is 11.6 Å². The van der Waals surface area contributed by atoms with E-state index >= 15 is 0 Å². The molecule has 0 saturated carbocycles. The molecular formula is C9H16N4O. The van der Waals surface area contributed by atoms with Gasteiger partial charge in [0.05, 0.1) is 23.1 Å². The summed E-state index contributed by atoms with van der Waals surface area (Å²) in [5, 5.41) is 12.5. The Bertz CT molecular complexity index is 312. The van der Waals surface area contributed by atoms with Crippen LogP contribution in [0.25, 0.3) is 0 Å². The van der Waals surface area contributed by atoms with Crippen LogP contribution in [0, 0.1) is 13.8 Å². The molecule has 0 aliphatic heterocycles. The fourth-order valence-corrected chi connectivity index (χ4v) is 1.10. The van der Waals surface area contributed by atoms with Crippen molar-refractivity contribution in [3.05, 3.63) is 11.4 Å². The number of rotatable bonds is 3. The van der Waals surface area contributed by atoms with Gasteiger partial charge < -0.3 is 10.6 Å². The minimum Gasteiger partial charge on any atom is -0.322 e. The Labute approximate surface area is 83.3 Å². The summed E-state index contributed by atoms with van der Waals surface area (Å²) >= 11 is 0. The van der Waals surface area contributed by atoms with Crippen LogP contribution >= 0.6 is 0 Å². The number of aryl methyl sites for hydroxylation is 2. The number of H-pyrrole nitrogens is 1. The highest BCUT2D eigenvalue weighted by atomic mass is 16.2.